The zero-order valence-electron chi connectivity index (χ0n) is 16.5. The minimum Gasteiger partial charge on any atom is -0.355 e. The highest BCUT2D eigenvalue weighted by atomic mass is 127. The second-order valence-electron chi connectivity index (χ2n) is 6.68. The lowest BCUT2D eigenvalue weighted by atomic mass is 10.1. The number of guanidine groups is 1. The molecule has 0 aromatic heterocycles. The van der Waals surface area contributed by atoms with Gasteiger partial charge in [-0.3, -0.25) is 19.5 Å². The van der Waals surface area contributed by atoms with Crippen molar-refractivity contribution in [3.63, 3.8) is 0 Å². The van der Waals surface area contributed by atoms with Gasteiger partial charge in [-0.15, -0.1) is 24.0 Å². The first-order valence-electron chi connectivity index (χ1n) is 9.11. The van der Waals surface area contributed by atoms with Gasteiger partial charge in [-0.1, -0.05) is 24.3 Å². The predicted octanol–water partition coefficient (Wildman–Crippen LogP) is 3.27. The number of aliphatic imine (C=N–C) groups is 1. The maximum absolute atomic E-state index is 13.8. The zero-order valence-corrected chi connectivity index (χ0v) is 18.9. The minimum absolute atomic E-state index is 0. The first-order chi connectivity index (χ1) is 13.4. The SMILES string of the molecule is CN=C(NCCN1C(=O)c2ccccc2C1=O)NC(C)c1ccc(C)c(F)c1.I. The average molecular weight is 510 g/mol. The molecule has 1 heterocycles. The van der Waals surface area contributed by atoms with Crippen molar-refractivity contribution < 1.29 is 14.0 Å². The number of halogens is 2. The molecule has 0 fully saturated rings. The number of imide groups is 1. The highest BCUT2D eigenvalue weighted by molar-refractivity contribution is 14.0. The predicted molar refractivity (Wildman–Crippen MR) is 121 cm³/mol. The molecule has 2 amide bonds. The molecule has 0 saturated carbocycles. The second-order valence-corrected chi connectivity index (χ2v) is 6.68. The fourth-order valence-corrected chi connectivity index (χ4v) is 3.09. The summed E-state index contributed by atoms with van der Waals surface area (Å²) < 4.78 is 13.8. The monoisotopic (exact) mass is 510 g/mol. The van der Waals surface area contributed by atoms with Gasteiger partial charge in [0.25, 0.3) is 11.8 Å². The molecule has 0 bridgehead atoms. The molecule has 8 heteroatoms. The smallest absolute Gasteiger partial charge is 0.261 e. The first-order valence-corrected chi connectivity index (χ1v) is 9.11. The molecule has 1 atom stereocenters. The number of hydrogen-bond donors (Lipinski definition) is 2. The van der Waals surface area contributed by atoms with Crippen molar-refractivity contribution in [1.29, 1.82) is 0 Å². The molecule has 0 saturated heterocycles. The van der Waals surface area contributed by atoms with Crippen LogP contribution in [0.2, 0.25) is 0 Å². The third-order valence-corrected chi connectivity index (χ3v) is 4.78. The van der Waals surface area contributed by atoms with E-state index in [0.717, 1.165) is 5.56 Å². The molecule has 2 aromatic carbocycles. The molecule has 0 spiro atoms. The van der Waals surface area contributed by atoms with Crippen LogP contribution in [0.5, 0.6) is 0 Å². The lowest BCUT2D eigenvalue weighted by Crippen LogP contribution is -2.43. The summed E-state index contributed by atoms with van der Waals surface area (Å²) in [7, 11) is 1.62. The van der Waals surface area contributed by atoms with Gasteiger partial charge in [0, 0.05) is 20.1 Å². The molecule has 2 aromatic rings. The van der Waals surface area contributed by atoms with Crippen molar-refractivity contribution >= 4 is 41.8 Å². The van der Waals surface area contributed by atoms with Gasteiger partial charge in [0.1, 0.15) is 5.82 Å². The molecule has 6 nitrogen and oxygen atoms in total. The number of carbonyl (C=O) groups is 2. The Balaban J connectivity index is 0.00000300. The van der Waals surface area contributed by atoms with Crippen molar-refractivity contribution in [2.45, 2.75) is 19.9 Å². The van der Waals surface area contributed by atoms with E-state index in [4.69, 9.17) is 0 Å². The van der Waals surface area contributed by atoms with E-state index in [2.05, 4.69) is 15.6 Å². The summed E-state index contributed by atoms with van der Waals surface area (Å²) in [6.07, 6.45) is 0. The number of amides is 2. The molecule has 0 radical (unpaired) electrons. The van der Waals surface area contributed by atoms with Crippen LogP contribution in [0.15, 0.2) is 47.5 Å². The van der Waals surface area contributed by atoms with E-state index in [1.165, 1.54) is 11.0 Å². The van der Waals surface area contributed by atoms with Crippen LogP contribution in [0.4, 0.5) is 4.39 Å². The fraction of sp³-hybridized carbons (Fsp3) is 0.286. The second kappa shape index (κ2) is 9.82. The number of nitrogens with zero attached hydrogens (tertiary/aromatic N) is 2. The fourth-order valence-electron chi connectivity index (χ4n) is 3.09. The lowest BCUT2D eigenvalue weighted by molar-refractivity contribution is 0.0657. The number of nitrogens with one attached hydrogen (secondary N) is 2. The van der Waals surface area contributed by atoms with Gasteiger partial charge in [-0.05, 0) is 43.2 Å². The zero-order chi connectivity index (χ0) is 20.3. The maximum atomic E-state index is 13.8. The maximum Gasteiger partial charge on any atom is 0.261 e. The molecule has 2 N–H and O–H groups in total. The minimum atomic E-state index is -0.283. The summed E-state index contributed by atoms with van der Waals surface area (Å²) in [4.78, 5) is 30.1. The molecule has 1 aliphatic heterocycles. The summed E-state index contributed by atoms with van der Waals surface area (Å²) in [6.45, 7) is 4.19. The number of rotatable bonds is 5. The van der Waals surface area contributed by atoms with E-state index in [-0.39, 0.29) is 54.2 Å². The van der Waals surface area contributed by atoms with Crippen LogP contribution in [0.3, 0.4) is 0 Å². The third-order valence-electron chi connectivity index (χ3n) is 4.78. The van der Waals surface area contributed by atoms with Crippen LogP contribution < -0.4 is 10.6 Å². The lowest BCUT2D eigenvalue weighted by Gasteiger charge is -2.20. The summed E-state index contributed by atoms with van der Waals surface area (Å²) >= 11 is 0. The Labute approximate surface area is 186 Å². The standard InChI is InChI=1S/C21H23FN4O2.HI/c1-13-8-9-15(12-18(13)22)14(2)25-21(23-3)24-10-11-26-19(27)16-6-4-5-7-17(16)20(26)28;/h4-9,12,14H,10-11H2,1-3H3,(H2,23,24,25);1H. The normalized spacial score (nSPS) is 14.3. The first kappa shape index (κ1) is 22.8. The number of fused-ring (bicyclic) bond motifs is 1. The van der Waals surface area contributed by atoms with Gasteiger partial charge in [0.05, 0.1) is 17.2 Å². The Morgan fingerprint density at radius 3 is 2.31 bits per heavy atom. The molecular weight excluding hydrogens is 486 g/mol. The highest BCUT2D eigenvalue weighted by Crippen LogP contribution is 2.21. The Kier molecular flexibility index (Phi) is 7.72. The van der Waals surface area contributed by atoms with E-state index in [0.29, 0.717) is 29.2 Å². The van der Waals surface area contributed by atoms with Crippen LogP contribution in [0.25, 0.3) is 0 Å². The summed E-state index contributed by atoms with van der Waals surface area (Å²) in [5.41, 5.74) is 2.26. The van der Waals surface area contributed by atoms with Gasteiger partial charge >= 0.3 is 0 Å². The largest absolute Gasteiger partial charge is 0.355 e. The Morgan fingerprint density at radius 2 is 1.76 bits per heavy atom. The van der Waals surface area contributed by atoms with Crippen molar-refractivity contribution in [2.75, 3.05) is 20.1 Å². The van der Waals surface area contributed by atoms with E-state index in [9.17, 15) is 14.0 Å². The van der Waals surface area contributed by atoms with Crippen molar-refractivity contribution in [2.24, 2.45) is 4.99 Å². The number of aryl methyl sites for hydroxylation is 1. The van der Waals surface area contributed by atoms with Gasteiger partial charge < -0.3 is 10.6 Å². The number of benzene rings is 2. The Hall–Kier alpha value is -2.49. The average Bonchev–Trinajstić information content (AvgIpc) is 2.94. The highest BCUT2D eigenvalue weighted by Gasteiger charge is 2.34. The quantitative estimate of drug-likeness (QED) is 0.281. The van der Waals surface area contributed by atoms with Gasteiger partial charge in [-0.2, -0.15) is 0 Å². The van der Waals surface area contributed by atoms with Crippen LogP contribution in [-0.4, -0.2) is 42.8 Å². The van der Waals surface area contributed by atoms with Crippen LogP contribution in [0.1, 0.15) is 44.8 Å². The molecular formula is C21H24FIN4O2. The van der Waals surface area contributed by atoms with Gasteiger partial charge in [0.2, 0.25) is 0 Å². The molecule has 0 aliphatic carbocycles. The molecule has 1 unspecified atom stereocenters. The summed E-state index contributed by atoms with van der Waals surface area (Å²) in [5.74, 6) is -0.312. The van der Waals surface area contributed by atoms with Crippen LogP contribution >= 0.6 is 24.0 Å². The molecule has 1 aliphatic rings. The molecule has 154 valence electrons. The van der Waals surface area contributed by atoms with Crippen molar-refractivity contribution in [3.8, 4) is 0 Å². The Morgan fingerprint density at radius 1 is 1.14 bits per heavy atom. The van der Waals surface area contributed by atoms with E-state index in [1.54, 1.807) is 44.3 Å². The molecule has 3 rings (SSSR count). The van der Waals surface area contributed by atoms with E-state index in [1.807, 2.05) is 13.0 Å². The molecule has 29 heavy (non-hydrogen) atoms. The van der Waals surface area contributed by atoms with Crippen molar-refractivity contribution in [3.05, 3.63) is 70.5 Å². The van der Waals surface area contributed by atoms with Crippen LogP contribution in [-0.2, 0) is 0 Å². The summed E-state index contributed by atoms with van der Waals surface area (Å²) in [6, 6.07) is 11.7. The van der Waals surface area contributed by atoms with E-state index < -0.39 is 0 Å². The van der Waals surface area contributed by atoms with Gasteiger partial charge in [-0.25, -0.2) is 4.39 Å². The Bertz CT molecular complexity index is 913. The van der Waals surface area contributed by atoms with E-state index >= 15 is 0 Å². The van der Waals surface area contributed by atoms with Gasteiger partial charge in [0.15, 0.2) is 5.96 Å². The number of hydrogen-bond acceptors (Lipinski definition) is 3. The third kappa shape index (κ3) is 4.92. The summed E-state index contributed by atoms with van der Waals surface area (Å²) in [5, 5.41) is 6.27. The van der Waals surface area contributed by atoms with Crippen molar-refractivity contribution in [1.82, 2.24) is 15.5 Å². The van der Waals surface area contributed by atoms with Crippen LogP contribution in [0, 0.1) is 12.7 Å². The number of carbonyl (C=O) groups excluding carboxylic acids is 2. The topological polar surface area (TPSA) is 73.8 Å².